The molecule has 0 saturated carbocycles. The van der Waals surface area contributed by atoms with Crippen LogP contribution in [0, 0.1) is 5.92 Å². The fourth-order valence-electron chi connectivity index (χ4n) is 4.64. The van der Waals surface area contributed by atoms with E-state index in [1.807, 2.05) is 4.57 Å². The van der Waals surface area contributed by atoms with Gasteiger partial charge < -0.3 is 40.4 Å². The van der Waals surface area contributed by atoms with Gasteiger partial charge in [-0.05, 0) is 48.7 Å². The smallest absolute Gasteiger partial charge is 0.255 e. The van der Waals surface area contributed by atoms with E-state index in [2.05, 4.69) is 26.3 Å². The van der Waals surface area contributed by atoms with Gasteiger partial charge in [-0.1, -0.05) is 26.0 Å². The van der Waals surface area contributed by atoms with Crippen LogP contribution in [0.1, 0.15) is 42.4 Å². The van der Waals surface area contributed by atoms with Crippen LogP contribution in [-0.2, 0) is 38.6 Å². The number of fused-ring (bicyclic) bond motifs is 11. The van der Waals surface area contributed by atoms with Gasteiger partial charge >= 0.3 is 0 Å². The first kappa shape index (κ1) is 32.0. The second-order valence-corrected chi connectivity index (χ2v) is 10.9. The van der Waals surface area contributed by atoms with Crippen LogP contribution in [0.25, 0.3) is 0 Å². The molecule has 5 rings (SSSR count). The summed E-state index contributed by atoms with van der Waals surface area (Å²) in [6.07, 6.45) is 3.46. The molecule has 0 fully saturated rings. The monoisotopic (exact) mass is 606 g/mol. The Morgan fingerprint density at radius 2 is 1.82 bits per heavy atom. The third-order valence-electron chi connectivity index (χ3n) is 7.21. The zero-order valence-electron chi connectivity index (χ0n) is 25.1. The van der Waals surface area contributed by atoms with Gasteiger partial charge in [0, 0.05) is 26.3 Å². The van der Waals surface area contributed by atoms with Gasteiger partial charge in [-0.3, -0.25) is 19.2 Å². The highest BCUT2D eigenvalue weighted by atomic mass is 16.5. The van der Waals surface area contributed by atoms with Crippen LogP contribution in [0.3, 0.4) is 0 Å². The first-order valence-corrected chi connectivity index (χ1v) is 14.3. The number of carbonyl (C=O) groups is 4. The Hall–Kier alpha value is -4.91. The van der Waals surface area contributed by atoms with Gasteiger partial charge in [0.1, 0.15) is 35.4 Å². The Morgan fingerprint density at radius 3 is 2.52 bits per heavy atom. The van der Waals surface area contributed by atoms with Gasteiger partial charge in [0.05, 0.1) is 30.7 Å². The first-order valence-electron chi connectivity index (χ1n) is 14.3. The van der Waals surface area contributed by atoms with Crippen molar-refractivity contribution in [2.75, 3.05) is 13.7 Å². The van der Waals surface area contributed by atoms with E-state index in [0.29, 0.717) is 24.7 Å². The van der Waals surface area contributed by atoms with Gasteiger partial charge in [-0.2, -0.15) is 0 Å². The number of hydrogen-bond donors (Lipinski definition) is 5. The fraction of sp³-hybridized carbons (Fsp3) is 0.387. The molecule has 3 atom stereocenters. The van der Waals surface area contributed by atoms with Gasteiger partial charge in [0.15, 0.2) is 0 Å². The van der Waals surface area contributed by atoms with E-state index in [-0.39, 0.29) is 30.2 Å². The third-order valence-corrected chi connectivity index (χ3v) is 7.21. The number of phenolic OH excluding ortho intramolecular Hbond substituents is 1. The molecule has 0 saturated heterocycles. The molecular weight excluding hydrogens is 568 g/mol. The van der Waals surface area contributed by atoms with E-state index in [1.54, 1.807) is 57.7 Å². The van der Waals surface area contributed by atoms with Crippen LogP contribution < -0.4 is 26.0 Å². The maximum atomic E-state index is 13.4. The molecule has 0 aliphatic carbocycles. The maximum absolute atomic E-state index is 13.4. The van der Waals surface area contributed by atoms with Crippen molar-refractivity contribution in [3.8, 4) is 17.2 Å². The van der Waals surface area contributed by atoms with Crippen LogP contribution in [-0.4, -0.2) is 70.1 Å². The SMILES string of the molecule is COCCn1cncc1CNC(=O)[C@@H]1Cc2ccc(cc2)Oc2ccc(O)c(c2)C(=O)N[C@@H](C(C)C)C(=O)N[C@@H](C)C(=O)N1. The van der Waals surface area contributed by atoms with E-state index in [4.69, 9.17) is 9.47 Å². The predicted octanol–water partition coefficient (Wildman–Crippen LogP) is 1.64. The summed E-state index contributed by atoms with van der Waals surface area (Å²) < 4.78 is 12.9. The summed E-state index contributed by atoms with van der Waals surface area (Å²) in [5, 5.41) is 21.3. The van der Waals surface area contributed by atoms with Gasteiger partial charge in [-0.25, -0.2) is 4.98 Å². The van der Waals surface area contributed by atoms with E-state index >= 15 is 0 Å². The van der Waals surface area contributed by atoms with Crippen molar-refractivity contribution < 1.29 is 33.8 Å². The summed E-state index contributed by atoms with van der Waals surface area (Å²) in [6, 6.07) is 8.14. The standard InChI is InChI=1S/C31H38N6O7/c1-18(2)27-31(42)34-19(3)28(39)35-25(30(41)33-16-21-15-32-17-37(21)11-12-43-4)13-20-5-7-22(8-6-20)44-23-9-10-26(38)24(14-23)29(40)36-27/h5-10,14-15,17-19,25,27,38H,11-13,16H2,1-4H3,(H,33,41)(H,34,42)(H,35,39)(H,36,40)/t19-,25-,27-/m0/s1. The molecule has 0 radical (unpaired) electrons. The highest BCUT2D eigenvalue weighted by Gasteiger charge is 2.30. The van der Waals surface area contributed by atoms with Crippen molar-refractivity contribution in [1.29, 1.82) is 0 Å². The molecule has 5 N–H and O–H groups in total. The fourth-order valence-corrected chi connectivity index (χ4v) is 4.64. The van der Waals surface area contributed by atoms with Crippen molar-refractivity contribution in [2.45, 2.75) is 58.4 Å². The Morgan fingerprint density at radius 1 is 1.09 bits per heavy atom. The van der Waals surface area contributed by atoms with Crippen LogP contribution in [0.15, 0.2) is 55.0 Å². The minimum absolute atomic E-state index is 0.0694. The molecule has 3 heterocycles. The summed E-state index contributed by atoms with van der Waals surface area (Å²) in [6.45, 7) is 6.20. The Labute approximate surface area is 255 Å². The number of imidazole rings is 1. The first-order chi connectivity index (χ1) is 21.0. The Bertz CT molecular complexity index is 1490. The number of hydrogen-bond acceptors (Lipinski definition) is 8. The van der Waals surface area contributed by atoms with E-state index in [0.717, 1.165) is 11.3 Å². The minimum Gasteiger partial charge on any atom is -0.507 e. The quantitative estimate of drug-likeness (QED) is 0.253. The molecule has 4 amide bonds. The molecule has 1 aromatic heterocycles. The van der Waals surface area contributed by atoms with Crippen LogP contribution >= 0.6 is 0 Å². The summed E-state index contributed by atoms with van der Waals surface area (Å²) in [5.41, 5.74) is 1.44. The number of nitrogens with one attached hydrogen (secondary N) is 4. The minimum atomic E-state index is -1.03. The van der Waals surface area contributed by atoms with Gasteiger partial charge in [0.2, 0.25) is 17.7 Å². The number of phenols is 1. The summed E-state index contributed by atoms with van der Waals surface area (Å²) in [7, 11) is 1.60. The molecule has 2 aliphatic heterocycles. The largest absolute Gasteiger partial charge is 0.507 e. The second kappa shape index (κ2) is 14.5. The topological polar surface area (TPSA) is 173 Å². The summed E-state index contributed by atoms with van der Waals surface area (Å²) in [4.78, 5) is 57.1. The summed E-state index contributed by atoms with van der Waals surface area (Å²) >= 11 is 0. The number of aromatic nitrogens is 2. The highest BCUT2D eigenvalue weighted by molar-refractivity contribution is 6.00. The number of methoxy groups -OCH3 is 1. The van der Waals surface area contributed by atoms with Crippen molar-refractivity contribution >= 4 is 23.6 Å². The lowest BCUT2D eigenvalue weighted by atomic mass is 10.0. The number of amides is 4. The van der Waals surface area contributed by atoms with Crippen molar-refractivity contribution in [2.24, 2.45) is 5.92 Å². The second-order valence-electron chi connectivity index (χ2n) is 10.9. The summed E-state index contributed by atoms with van der Waals surface area (Å²) in [5.74, 6) is -2.16. The lowest BCUT2D eigenvalue weighted by molar-refractivity contribution is -0.132. The molecule has 3 aromatic rings. The molecular formula is C31H38N6O7. The molecule has 13 nitrogen and oxygen atoms in total. The lowest BCUT2D eigenvalue weighted by Crippen LogP contribution is -2.57. The average Bonchev–Trinajstić information content (AvgIpc) is 3.45. The average molecular weight is 607 g/mol. The number of rotatable bonds is 7. The van der Waals surface area contributed by atoms with Crippen molar-refractivity contribution in [3.63, 3.8) is 0 Å². The number of aromatic hydroxyl groups is 1. The molecule has 44 heavy (non-hydrogen) atoms. The molecule has 234 valence electrons. The van der Waals surface area contributed by atoms with E-state index in [9.17, 15) is 24.3 Å². The van der Waals surface area contributed by atoms with Crippen LogP contribution in [0.4, 0.5) is 0 Å². The lowest BCUT2D eigenvalue weighted by Gasteiger charge is -2.25. The van der Waals surface area contributed by atoms with Crippen molar-refractivity contribution in [1.82, 2.24) is 30.8 Å². The highest BCUT2D eigenvalue weighted by Crippen LogP contribution is 2.28. The molecule has 4 bridgehead atoms. The number of ether oxygens (including phenoxy) is 2. The number of benzene rings is 2. The molecule has 0 unspecified atom stereocenters. The van der Waals surface area contributed by atoms with Crippen molar-refractivity contribution in [3.05, 3.63) is 71.8 Å². The molecule has 0 spiro atoms. The van der Waals surface area contributed by atoms with E-state index < -0.39 is 41.8 Å². The molecule has 2 aliphatic rings. The Balaban J connectivity index is 1.61. The zero-order valence-corrected chi connectivity index (χ0v) is 25.1. The zero-order chi connectivity index (χ0) is 31.8. The van der Waals surface area contributed by atoms with Crippen LogP contribution in [0.5, 0.6) is 17.2 Å². The number of carbonyl (C=O) groups excluding carboxylic acids is 4. The van der Waals surface area contributed by atoms with E-state index in [1.165, 1.54) is 25.1 Å². The normalized spacial score (nSPS) is 19.3. The number of nitrogens with zero attached hydrogens (tertiary/aromatic N) is 2. The third kappa shape index (κ3) is 8.13. The molecule has 13 heteroatoms. The molecule has 2 aromatic carbocycles. The van der Waals surface area contributed by atoms with Crippen LogP contribution in [0.2, 0.25) is 0 Å². The maximum Gasteiger partial charge on any atom is 0.255 e. The van der Waals surface area contributed by atoms with Gasteiger partial charge in [0.25, 0.3) is 5.91 Å². The Kier molecular flexibility index (Phi) is 10.6. The van der Waals surface area contributed by atoms with Gasteiger partial charge in [-0.15, -0.1) is 0 Å². The predicted molar refractivity (Wildman–Crippen MR) is 160 cm³/mol.